The van der Waals surface area contributed by atoms with Crippen LogP contribution in [0, 0.1) is 0 Å². The number of ether oxygens (including phenoxy) is 3. The molecule has 7 heteroatoms. The number of Topliss-reactive ketones (excluding diaryl/α,β-unsaturated/α-hetero) is 1. The number of carbonyl (C=O) groups is 2. The van der Waals surface area contributed by atoms with E-state index in [0.717, 1.165) is 43.7 Å². The summed E-state index contributed by atoms with van der Waals surface area (Å²) in [7, 11) is 3.65. The first-order valence-electron chi connectivity index (χ1n) is 11.1. The van der Waals surface area contributed by atoms with E-state index in [1.165, 1.54) is 12.8 Å². The van der Waals surface area contributed by atoms with Crippen molar-refractivity contribution in [3.63, 3.8) is 0 Å². The highest BCUT2D eigenvalue weighted by Gasteiger charge is 2.21. The maximum absolute atomic E-state index is 11.6. The fourth-order valence-corrected chi connectivity index (χ4v) is 3.62. The Bertz CT molecular complexity index is 915. The number of benzene rings is 2. The number of amides is 1. The average molecular weight is 441 g/mol. The molecule has 1 aliphatic heterocycles. The third-order valence-corrected chi connectivity index (χ3v) is 5.33. The largest absolute Gasteiger partial charge is 0.493 e. The van der Waals surface area contributed by atoms with Gasteiger partial charge in [-0.25, -0.2) is 4.79 Å². The first-order valence-corrected chi connectivity index (χ1v) is 11.1. The van der Waals surface area contributed by atoms with Crippen LogP contribution >= 0.6 is 0 Å². The van der Waals surface area contributed by atoms with Crippen molar-refractivity contribution >= 4 is 11.9 Å². The number of hydrogen-bond donors (Lipinski definition) is 1. The van der Waals surface area contributed by atoms with Gasteiger partial charge in [-0.05, 0) is 56.3 Å². The number of hydrogen-bond acceptors (Lipinski definition) is 6. The fourth-order valence-electron chi connectivity index (χ4n) is 3.62. The van der Waals surface area contributed by atoms with E-state index in [1.807, 2.05) is 24.3 Å². The number of unbranched alkanes of at least 4 members (excludes halogenated alkanes) is 4. The Labute approximate surface area is 189 Å². The SMILES string of the molecule is CNC(=O)Oc1cccc(CN(C)CCCCCCCOc2ccc3c(c2)OCC3=O)c1. The number of fused-ring (bicyclic) bond motifs is 1. The zero-order chi connectivity index (χ0) is 22.8. The molecule has 1 heterocycles. The summed E-state index contributed by atoms with van der Waals surface area (Å²) in [5.41, 5.74) is 1.76. The molecule has 3 rings (SSSR count). The molecule has 7 nitrogen and oxygen atoms in total. The molecule has 1 aliphatic rings. The molecular formula is C25H32N2O5. The molecule has 0 bridgehead atoms. The molecule has 2 aromatic rings. The van der Waals surface area contributed by atoms with Crippen molar-refractivity contribution in [1.82, 2.24) is 10.2 Å². The molecule has 0 saturated carbocycles. The lowest BCUT2D eigenvalue weighted by molar-refractivity contribution is 0.0961. The van der Waals surface area contributed by atoms with Crippen LogP contribution in [0.5, 0.6) is 17.2 Å². The van der Waals surface area contributed by atoms with Crippen LogP contribution < -0.4 is 19.5 Å². The van der Waals surface area contributed by atoms with Crippen molar-refractivity contribution in [2.75, 3.05) is 33.9 Å². The van der Waals surface area contributed by atoms with Gasteiger partial charge in [0.25, 0.3) is 0 Å². The monoisotopic (exact) mass is 440 g/mol. The Morgan fingerprint density at radius 2 is 1.88 bits per heavy atom. The molecule has 0 saturated heterocycles. The van der Waals surface area contributed by atoms with Crippen LogP contribution in [0.1, 0.15) is 48.0 Å². The van der Waals surface area contributed by atoms with Crippen LogP contribution in [-0.4, -0.2) is 50.6 Å². The van der Waals surface area contributed by atoms with Gasteiger partial charge in [-0.2, -0.15) is 0 Å². The lowest BCUT2D eigenvalue weighted by Gasteiger charge is -2.17. The predicted molar refractivity (Wildman–Crippen MR) is 123 cm³/mol. The second kappa shape index (κ2) is 12.1. The molecule has 1 amide bonds. The number of nitrogens with one attached hydrogen (secondary N) is 1. The predicted octanol–water partition coefficient (Wildman–Crippen LogP) is 4.44. The van der Waals surface area contributed by atoms with Gasteiger partial charge in [0.05, 0.1) is 12.2 Å². The summed E-state index contributed by atoms with van der Waals surface area (Å²) in [6.45, 7) is 2.63. The molecule has 0 radical (unpaired) electrons. The van der Waals surface area contributed by atoms with E-state index in [-0.39, 0.29) is 12.4 Å². The Kier molecular flexibility index (Phi) is 8.92. The minimum absolute atomic E-state index is 0.0285. The highest BCUT2D eigenvalue weighted by atomic mass is 16.6. The van der Waals surface area contributed by atoms with Crippen molar-refractivity contribution in [3.05, 3.63) is 53.6 Å². The zero-order valence-corrected chi connectivity index (χ0v) is 18.9. The number of rotatable bonds is 12. The summed E-state index contributed by atoms with van der Waals surface area (Å²) < 4.78 is 16.3. The van der Waals surface area contributed by atoms with Crippen LogP contribution in [0.4, 0.5) is 4.79 Å². The molecule has 172 valence electrons. The minimum atomic E-state index is -0.460. The minimum Gasteiger partial charge on any atom is -0.493 e. The van der Waals surface area contributed by atoms with E-state index in [2.05, 4.69) is 17.3 Å². The van der Waals surface area contributed by atoms with Gasteiger partial charge in [0.2, 0.25) is 5.78 Å². The van der Waals surface area contributed by atoms with Crippen molar-refractivity contribution in [2.45, 2.75) is 38.6 Å². The van der Waals surface area contributed by atoms with E-state index in [0.29, 0.717) is 23.7 Å². The highest BCUT2D eigenvalue weighted by Crippen LogP contribution is 2.29. The van der Waals surface area contributed by atoms with Gasteiger partial charge in [-0.1, -0.05) is 31.4 Å². The Morgan fingerprint density at radius 3 is 2.72 bits per heavy atom. The van der Waals surface area contributed by atoms with Gasteiger partial charge in [-0.3, -0.25) is 4.79 Å². The van der Waals surface area contributed by atoms with Gasteiger partial charge in [0.15, 0.2) is 6.61 Å². The summed E-state index contributed by atoms with van der Waals surface area (Å²) in [6, 6.07) is 13.0. The molecule has 0 unspecified atom stereocenters. The molecule has 32 heavy (non-hydrogen) atoms. The van der Waals surface area contributed by atoms with Crippen LogP contribution in [0.25, 0.3) is 0 Å². The molecule has 0 aliphatic carbocycles. The van der Waals surface area contributed by atoms with E-state index in [9.17, 15) is 9.59 Å². The van der Waals surface area contributed by atoms with E-state index < -0.39 is 6.09 Å². The molecule has 0 fully saturated rings. The maximum atomic E-state index is 11.6. The normalized spacial score (nSPS) is 12.4. The highest BCUT2D eigenvalue weighted by molar-refractivity contribution is 6.02. The topological polar surface area (TPSA) is 77.1 Å². The van der Waals surface area contributed by atoms with Gasteiger partial charge < -0.3 is 24.4 Å². The summed E-state index contributed by atoms with van der Waals surface area (Å²) in [4.78, 5) is 25.2. The van der Waals surface area contributed by atoms with Crippen LogP contribution in [0.3, 0.4) is 0 Å². The maximum Gasteiger partial charge on any atom is 0.412 e. The standard InChI is InChI=1S/C25H32N2O5/c1-26-25(29)32-21-10-8-9-19(15-21)17-27(2)13-6-4-3-5-7-14-30-20-11-12-22-23(28)18-31-24(22)16-20/h8-12,15-16H,3-7,13-14,17-18H2,1-2H3,(H,26,29). The number of nitrogens with zero attached hydrogens (tertiary/aromatic N) is 1. The van der Waals surface area contributed by atoms with Crippen molar-refractivity contribution < 1.29 is 23.8 Å². The van der Waals surface area contributed by atoms with Crippen LogP contribution in [0.2, 0.25) is 0 Å². The lowest BCUT2D eigenvalue weighted by atomic mass is 10.1. The summed E-state index contributed by atoms with van der Waals surface area (Å²) in [6.07, 6.45) is 5.17. The molecule has 0 aromatic heterocycles. The Morgan fingerprint density at radius 1 is 1.06 bits per heavy atom. The van der Waals surface area contributed by atoms with Gasteiger partial charge in [0, 0.05) is 19.7 Å². The number of ketones is 1. The van der Waals surface area contributed by atoms with Gasteiger partial charge in [0.1, 0.15) is 17.2 Å². The van der Waals surface area contributed by atoms with E-state index in [1.54, 1.807) is 25.2 Å². The second-order valence-electron chi connectivity index (χ2n) is 8.01. The summed E-state index contributed by atoms with van der Waals surface area (Å²) in [5.74, 6) is 1.96. The fraction of sp³-hybridized carbons (Fsp3) is 0.440. The molecule has 0 atom stereocenters. The molecule has 1 N–H and O–H groups in total. The Hall–Kier alpha value is -3.06. The first-order chi connectivity index (χ1) is 15.5. The molecular weight excluding hydrogens is 408 g/mol. The van der Waals surface area contributed by atoms with Gasteiger partial charge in [-0.15, -0.1) is 0 Å². The molecule has 2 aromatic carbocycles. The van der Waals surface area contributed by atoms with Crippen molar-refractivity contribution in [3.8, 4) is 17.2 Å². The Balaban J connectivity index is 1.24. The van der Waals surface area contributed by atoms with Crippen LogP contribution in [0.15, 0.2) is 42.5 Å². The van der Waals surface area contributed by atoms with E-state index in [4.69, 9.17) is 14.2 Å². The first kappa shape index (κ1) is 23.6. The smallest absolute Gasteiger partial charge is 0.412 e. The van der Waals surface area contributed by atoms with Crippen molar-refractivity contribution in [2.24, 2.45) is 0 Å². The average Bonchev–Trinajstić information content (AvgIpc) is 3.15. The second-order valence-corrected chi connectivity index (χ2v) is 8.01. The van der Waals surface area contributed by atoms with E-state index >= 15 is 0 Å². The summed E-state index contributed by atoms with van der Waals surface area (Å²) in [5, 5.41) is 2.45. The molecule has 0 spiro atoms. The van der Waals surface area contributed by atoms with Gasteiger partial charge >= 0.3 is 6.09 Å². The quantitative estimate of drug-likeness (QED) is 0.492. The van der Waals surface area contributed by atoms with Crippen molar-refractivity contribution in [1.29, 1.82) is 0 Å². The van der Waals surface area contributed by atoms with Crippen LogP contribution in [-0.2, 0) is 6.54 Å². The third-order valence-electron chi connectivity index (χ3n) is 5.33. The number of carbonyl (C=O) groups excluding carboxylic acids is 2. The third kappa shape index (κ3) is 7.27. The zero-order valence-electron chi connectivity index (χ0n) is 18.9. The lowest BCUT2D eigenvalue weighted by Crippen LogP contribution is -2.22. The summed E-state index contributed by atoms with van der Waals surface area (Å²) >= 11 is 0.